The number of nitrogens with one attached hydrogen (secondary N) is 1. The third-order valence-electron chi connectivity index (χ3n) is 2.96. The van der Waals surface area contributed by atoms with Gasteiger partial charge in [-0.15, -0.1) is 11.3 Å². The van der Waals surface area contributed by atoms with Crippen molar-refractivity contribution in [2.75, 3.05) is 11.9 Å². The Kier molecular flexibility index (Phi) is 4.91. The number of hydrogen-bond acceptors (Lipinski definition) is 4. The van der Waals surface area contributed by atoms with E-state index in [1.807, 2.05) is 0 Å². The predicted molar refractivity (Wildman–Crippen MR) is 82.9 cm³/mol. The largest absolute Gasteiger partial charge is 0.370 e. The maximum atomic E-state index is 4.73. The highest BCUT2D eigenvalue weighted by Crippen LogP contribution is 2.29. The number of thiophene rings is 1. The lowest BCUT2D eigenvalue weighted by molar-refractivity contribution is 0.830. The van der Waals surface area contributed by atoms with Crippen molar-refractivity contribution in [3.8, 4) is 10.6 Å². The highest BCUT2D eigenvalue weighted by atomic mass is 32.1. The Labute approximate surface area is 119 Å². The van der Waals surface area contributed by atoms with Crippen LogP contribution < -0.4 is 5.32 Å². The summed E-state index contributed by atoms with van der Waals surface area (Å²) >= 11 is 1.73. The van der Waals surface area contributed by atoms with E-state index >= 15 is 0 Å². The summed E-state index contributed by atoms with van der Waals surface area (Å²) in [6.45, 7) is 7.37. The lowest BCUT2D eigenvalue weighted by Crippen LogP contribution is -2.08. The minimum atomic E-state index is 0.930. The summed E-state index contributed by atoms with van der Waals surface area (Å²) in [4.78, 5) is 10.6. The molecule has 4 heteroatoms. The SMILES string of the molecule is CCCNc1nc(CCC)nc(-c2cccs2)c1C. The molecule has 0 radical (unpaired) electrons. The van der Waals surface area contributed by atoms with Crippen LogP contribution in [0.1, 0.15) is 38.1 Å². The molecule has 0 amide bonds. The first-order valence-electron chi connectivity index (χ1n) is 6.91. The molecule has 0 fully saturated rings. The van der Waals surface area contributed by atoms with Crippen LogP contribution in [0.3, 0.4) is 0 Å². The van der Waals surface area contributed by atoms with Gasteiger partial charge in [-0.25, -0.2) is 9.97 Å². The van der Waals surface area contributed by atoms with Crippen LogP contribution >= 0.6 is 11.3 Å². The molecule has 0 aromatic carbocycles. The van der Waals surface area contributed by atoms with Crippen molar-refractivity contribution in [2.45, 2.75) is 40.0 Å². The predicted octanol–water partition coefficient (Wildman–Crippen LogP) is 4.29. The molecule has 19 heavy (non-hydrogen) atoms. The van der Waals surface area contributed by atoms with Crippen molar-refractivity contribution in [3.05, 3.63) is 28.9 Å². The third-order valence-corrected chi connectivity index (χ3v) is 3.84. The van der Waals surface area contributed by atoms with E-state index < -0.39 is 0 Å². The van der Waals surface area contributed by atoms with Gasteiger partial charge in [0.2, 0.25) is 0 Å². The van der Waals surface area contributed by atoms with Gasteiger partial charge in [-0.3, -0.25) is 0 Å². The topological polar surface area (TPSA) is 37.8 Å². The Morgan fingerprint density at radius 2 is 2.05 bits per heavy atom. The van der Waals surface area contributed by atoms with Crippen molar-refractivity contribution >= 4 is 17.2 Å². The molecule has 102 valence electrons. The zero-order valence-corrected chi connectivity index (χ0v) is 12.7. The lowest BCUT2D eigenvalue weighted by atomic mass is 10.2. The second-order valence-corrected chi connectivity index (χ2v) is 5.56. The fourth-order valence-electron chi connectivity index (χ4n) is 1.97. The van der Waals surface area contributed by atoms with Crippen molar-refractivity contribution in [1.29, 1.82) is 0 Å². The molecular formula is C15H21N3S. The molecule has 3 nitrogen and oxygen atoms in total. The molecule has 0 saturated carbocycles. The number of rotatable bonds is 6. The van der Waals surface area contributed by atoms with E-state index in [1.165, 1.54) is 4.88 Å². The van der Waals surface area contributed by atoms with Gasteiger partial charge in [0, 0.05) is 18.5 Å². The molecule has 2 rings (SSSR count). The summed E-state index contributed by atoms with van der Waals surface area (Å²) < 4.78 is 0. The molecule has 0 unspecified atom stereocenters. The van der Waals surface area contributed by atoms with Crippen molar-refractivity contribution in [2.24, 2.45) is 0 Å². The highest BCUT2D eigenvalue weighted by Gasteiger charge is 2.12. The minimum absolute atomic E-state index is 0.930. The molecule has 2 aromatic heterocycles. The molecule has 1 N–H and O–H groups in total. The average molecular weight is 275 g/mol. The van der Waals surface area contributed by atoms with Crippen molar-refractivity contribution in [3.63, 3.8) is 0 Å². The van der Waals surface area contributed by atoms with Gasteiger partial charge < -0.3 is 5.32 Å². The first kappa shape index (κ1) is 14.0. The maximum absolute atomic E-state index is 4.73. The number of nitrogens with zero attached hydrogens (tertiary/aromatic N) is 2. The Balaban J connectivity index is 2.43. The molecule has 0 aliphatic rings. The molecule has 2 heterocycles. The van der Waals surface area contributed by atoms with E-state index in [-0.39, 0.29) is 0 Å². The van der Waals surface area contributed by atoms with Crippen LogP contribution in [0, 0.1) is 6.92 Å². The number of anilines is 1. The molecular weight excluding hydrogens is 254 g/mol. The van der Waals surface area contributed by atoms with Crippen LogP contribution in [0.25, 0.3) is 10.6 Å². The lowest BCUT2D eigenvalue weighted by Gasteiger charge is -2.12. The van der Waals surface area contributed by atoms with E-state index in [4.69, 9.17) is 4.98 Å². The van der Waals surface area contributed by atoms with E-state index in [2.05, 4.69) is 48.6 Å². The van der Waals surface area contributed by atoms with Gasteiger partial charge in [0.05, 0.1) is 10.6 Å². The van der Waals surface area contributed by atoms with Crippen LogP contribution in [0.15, 0.2) is 17.5 Å². The van der Waals surface area contributed by atoms with Gasteiger partial charge in [0.15, 0.2) is 0 Å². The zero-order chi connectivity index (χ0) is 13.7. The fraction of sp³-hybridized carbons (Fsp3) is 0.467. The van der Waals surface area contributed by atoms with Gasteiger partial charge in [-0.1, -0.05) is 19.9 Å². The molecule has 0 atom stereocenters. The summed E-state index contributed by atoms with van der Waals surface area (Å²) in [5, 5.41) is 5.51. The monoisotopic (exact) mass is 275 g/mol. The Bertz CT molecular complexity index is 520. The molecule has 2 aromatic rings. The highest BCUT2D eigenvalue weighted by molar-refractivity contribution is 7.13. The smallest absolute Gasteiger partial charge is 0.133 e. The Morgan fingerprint density at radius 3 is 2.68 bits per heavy atom. The van der Waals surface area contributed by atoms with Gasteiger partial charge in [0.25, 0.3) is 0 Å². The third kappa shape index (κ3) is 3.32. The fourth-order valence-corrected chi connectivity index (χ4v) is 2.74. The molecule has 0 spiro atoms. The number of aromatic nitrogens is 2. The quantitative estimate of drug-likeness (QED) is 0.854. The van der Waals surface area contributed by atoms with E-state index in [0.717, 1.165) is 48.7 Å². The first-order valence-corrected chi connectivity index (χ1v) is 7.79. The van der Waals surface area contributed by atoms with Crippen molar-refractivity contribution < 1.29 is 0 Å². The van der Waals surface area contributed by atoms with Crippen LogP contribution in [-0.4, -0.2) is 16.5 Å². The summed E-state index contributed by atoms with van der Waals surface area (Å²) in [7, 11) is 0. The number of aryl methyl sites for hydroxylation is 1. The summed E-state index contributed by atoms with van der Waals surface area (Å²) in [6, 6.07) is 4.19. The average Bonchev–Trinajstić information content (AvgIpc) is 2.93. The van der Waals surface area contributed by atoms with Gasteiger partial charge in [-0.2, -0.15) is 0 Å². The maximum Gasteiger partial charge on any atom is 0.133 e. The molecule has 0 saturated heterocycles. The standard InChI is InChI=1S/C15H21N3S/c1-4-7-13-17-14(12-8-6-10-19-12)11(3)15(18-13)16-9-5-2/h6,8,10H,4-5,7,9H2,1-3H3,(H,16,17,18). The van der Waals surface area contributed by atoms with E-state index in [9.17, 15) is 0 Å². The van der Waals surface area contributed by atoms with Gasteiger partial charge >= 0.3 is 0 Å². The van der Waals surface area contributed by atoms with E-state index in [1.54, 1.807) is 11.3 Å². The Hall–Kier alpha value is -1.42. The van der Waals surface area contributed by atoms with E-state index in [0.29, 0.717) is 0 Å². The summed E-state index contributed by atoms with van der Waals surface area (Å²) in [6.07, 6.45) is 3.10. The summed E-state index contributed by atoms with van der Waals surface area (Å²) in [5.41, 5.74) is 2.22. The van der Waals surface area contributed by atoms with Crippen LogP contribution in [0.5, 0.6) is 0 Å². The number of hydrogen-bond donors (Lipinski definition) is 1. The summed E-state index contributed by atoms with van der Waals surface area (Å²) in [5.74, 6) is 1.93. The molecule has 0 aliphatic heterocycles. The normalized spacial score (nSPS) is 10.7. The van der Waals surface area contributed by atoms with Gasteiger partial charge in [-0.05, 0) is 31.2 Å². The van der Waals surface area contributed by atoms with Crippen LogP contribution in [0.4, 0.5) is 5.82 Å². The second-order valence-electron chi connectivity index (χ2n) is 4.62. The first-order chi connectivity index (χ1) is 9.26. The molecule has 0 aliphatic carbocycles. The van der Waals surface area contributed by atoms with Gasteiger partial charge in [0.1, 0.15) is 11.6 Å². The van der Waals surface area contributed by atoms with Crippen molar-refractivity contribution in [1.82, 2.24) is 9.97 Å². The molecule has 0 bridgehead atoms. The minimum Gasteiger partial charge on any atom is -0.370 e. The Morgan fingerprint density at radius 1 is 1.21 bits per heavy atom. The second kappa shape index (κ2) is 6.66. The van der Waals surface area contributed by atoms with Crippen LogP contribution in [-0.2, 0) is 6.42 Å². The zero-order valence-electron chi connectivity index (χ0n) is 11.9. The van der Waals surface area contributed by atoms with Crippen LogP contribution in [0.2, 0.25) is 0 Å².